The molecule has 0 unspecified atom stereocenters. The topological polar surface area (TPSA) is 79.3 Å². The average molecular weight is 275 g/mol. The Balaban J connectivity index is 1.88. The van der Waals surface area contributed by atoms with Crippen LogP contribution in [-0.4, -0.2) is 27.6 Å². The molecular weight excluding hydrogens is 254 g/mol. The zero-order valence-corrected chi connectivity index (χ0v) is 12.2. The number of nitrogens with zero attached hydrogens (tertiary/aromatic N) is 3. The summed E-state index contributed by atoms with van der Waals surface area (Å²) in [5.41, 5.74) is 5.05. The quantitative estimate of drug-likeness (QED) is 0.826. The van der Waals surface area contributed by atoms with E-state index in [0.717, 1.165) is 48.7 Å². The van der Waals surface area contributed by atoms with E-state index in [1.54, 1.807) is 6.92 Å². The van der Waals surface area contributed by atoms with E-state index < -0.39 is 0 Å². The first-order chi connectivity index (χ1) is 9.52. The number of rotatable bonds is 3. The van der Waals surface area contributed by atoms with Gasteiger partial charge in [0.05, 0.1) is 0 Å². The predicted octanol–water partition coefficient (Wildman–Crippen LogP) is 1.94. The van der Waals surface area contributed by atoms with Crippen molar-refractivity contribution in [3.05, 3.63) is 17.6 Å². The lowest BCUT2D eigenvalue weighted by molar-refractivity contribution is -0.119. The van der Waals surface area contributed by atoms with E-state index >= 15 is 0 Å². The Morgan fingerprint density at radius 1 is 1.30 bits per heavy atom. The Hall–Kier alpha value is -1.98. The number of aryl methyl sites for hydroxylation is 2. The van der Waals surface area contributed by atoms with Crippen molar-refractivity contribution in [2.24, 2.45) is 5.10 Å². The number of anilines is 1. The number of amides is 1. The fraction of sp³-hybridized carbons (Fsp3) is 0.571. The molecule has 2 N–H and O–H groups in total. The number of aromatic nitrogens is 2. The van der Waals surface area contributed by atoms with Crippen molar-refractivity contribution in [2.45, 2.75) is 52.5 Å². The summed E-state index contributed by atoms with van der Waals surface area (Å²) in [6.07, 6.45) is 3.70. The third-order valence-corrected chi connectivity index (χ3v) is 3.26. The molecule has 0 radical (unpaired) electrons. The highest BCUT2D eigenvalue weighted by Crippen LogP contribution is 2.16. The van der Waals surface area contributed by atoms with Crippen LogP contribution in [-0.2, 0) is 4.79 Å². The molecular formula is C14H21N5O. The van der Waals surface area contributed by atoms with Crippen molar-refractivity contribution in [3.8, 4) is 0 Å². The molecule has 0 spiro atoms. The largest absolute Gasteiger partial charge is 0.354 e. The number of nitrogens with one attached hydrogen (secondary N) is 2. The molecule has 6 nitrogen and oxygen atoms in total. The lowest BCUT2D eigenvalue weighted by atomic mass is 9.94. The van der Waals surface area contributed by atoms with Crippen molar-refractivity contribution in [2.75, 3.05) is 5.43 Å². The molecule has 108 valence electrons. The summed E-state index contributed by atoms with van der Waals surface area (Å²) < 4.78 is 0. The molecule has 1 fully saturated rings. The molecule has 0 bridgehead atoms. The lowest BCUT2D eigenvalue weighted by Crippen LogP contribution is -2.36. The van der Waals surface area contributed by atoms with Gasteiger partial charge in [0.25, 0.3) is 0 Å². The highest BCUT2D eigenvalue weighted by Gasteiger charge is 2.18. The Morgan fingerprint density at radius 3 is 2.60 bits per heavy atom. The van der Waals surface area contributed by atoms with Crippen LogP contribution >= 0.6 is 0 Å². The van der Waals surface area contributed by atoms with E-state index in [0.29, 0.717) is 0 Å². The van der Waals surface area contributed by atoms with Gasteiger partial charge < -0.3 is 5.32 Å². The molecule has 0 aromatic carbocycles. The maximum absolute atomic E-state index is 11.0. The van der Waals surface area contributed by atoms with Crippen LogP contribution in [0.1, 0.15) is 44.1 Å². The summed E-state index contributed by atoms with van der Waals surface area (Å²) in [5, 5.41) is 7.37. The summed E-state index contributed by atoms with van der Waals surface area (Å²) >= 11 is 0. The van der Waals surface area contributed by atoms with E-state index in [2.05, 4.69) is 25.8 Å². The second-order valence-corrected chi connectivity index (χ2v) is 5.21. The summed E-state index contributed by atoms with van der Waals surface area (Å²) in [7, 11) is 0. The second-order valence-electron chi connectivity index (χ2n) is 5.21. The maximum atomic E-state index is 11.0. The van der Waals surface area contributed by atoms with Gasteiger partial charge in [-0.1, -0.05) is 0 Å². The fourth-order valence-electron chi connectivity index (χ4n) is 2.41. The third-order valence-electron chi connectivity index (χ3n) is 3.26. The van der Waals surface area contributed by atoms with Crippen molar-refractivity contribution in [1.82, 2.24) is 15.3 Å². The molecule has 2 rings (SSSR count). The second kappa shape index (κ2) is 6.45. The number of hydrazone groups is 1. The zero-order valence-electron chi connectivity index (χ0n) is 12.2. The lowest BCUT2D eigenvalue weighted by Gasteiger charge is -2.23. The minimum atomic E-state index is 0.0421. The van der Waals surface area contributed by atoms with Gasteiger partial charge in [-0.3, -0.25) is 10.2 Å². The number of carbonyl (C=O) groups excluding carboxylic acids is 1. The van der Waals surface area contributed by atoms with E-state index in [-0.39, 0.29) is 11.9 Å². The minimum absolute atomic E-state index is 0.0421. The summed E-state index contributed by atoms with van der Waals surface area (Å²) in [6, 6.07) is 2.16. The molecule has 1 aromatic rings. The van der Waals surface area contributed by atoms with Gasteiger partial charge in [-0.2, -0.15) is 5.10 Å². The van der Waals surface area contributed by atoms with Crippen molar-refractivity contribution in [3.63, 3.8) is 0 Å². The van der Waals surface area contributed by atoms with Crippen LogP contribution in [0.2, 0.25) is 0 Å². The normalized spacial score (nSPS) is 18.6. The van der Waals surface area contributed by atoms with Crippen LogP contribution in [0.15, 0.2) is 11.2 Å². The SMILES string of the molecule is CC(=O)NC1CCC(=NNc2cc(C)nc(C)n2)CC1. The van der Waals surface area contributed by atoms with Crippen LogP contribution < -0.4 is 10.7 Å². The van der Waals surface area contributed by atoms with Crippen LogP contribution in [0, 0.1) is 13.8 Å². The average Bonchev–Trinajstić information content (AvgIpc) is 2.36. The molecule has 1 aliphatic carbocycles. The molecule has 1 aromatic heterocycles. The monoisotopic (exact) mass is 275 g/mol. The van der Waals surface area contributed by atoms with Gasteiger partial charge in [-0.05, 0) is 39.5 Å². The Bertz CT molecular complexity index is 496. The molecule has 1 amide bonds. The first-order valence-electron chi connectivity index (χ1n) is 6.94. The number of hydrogen-bond donors (Lipinski definition) is 2. The summed E-state index contributed by atoms with van der Waals surface area (Å²) in [4.78, 5) is 19.5. The van der Waals surface area contributed by atoms with Crippen molar-refractivity contribution in [1.29, 1.82) is 0 Å². The summed E-state index contributed by atoms with van der Waals surface area (Å²) in [6.45, 7) is 5.36. The number of carbonyl (C=O) groups is 1. The highest BCUT2D eigenvalue weighted by atomic mass is 16.1. The molecule has 0 aliphatic heterocycles. The van der Waals surface area contributed by atoms with Gasteiger partial charge in [0, 0.05) is 30.4 Å². The van der Waals surface area contributed by atoms with Gasteiger partial charge in [0.15, 0.2) is 0 Å². The van der Waals surface area contributed by atoms with Crippen LogP contribution in [0.3, 0.4) is 0 Å². The van der Waals surface area contributed by atoms with Crippen LogP contribution in [0.5, 0.6) is 0 Å². The molecule has 1 aliphatic rings. The number of hydrogen-bond acceptors (Lipinski definition) is 5. The van der Waals surface area contributed by atoms with Gasteiger partial charge in [0.2, 0.25) is 5.91 Å². The highest BCUT2D eigenvalue weighted by molar-refractivity contribution is 5.86. The van der Waals surface area contributed by atoms with Crippen LogP contribution in [0.25, 0.3) is 0 Å². The molecule has 20 heavy (non-hydrogen) atoms. The fourth-order valence-corrected chi connectivity index (χ4v) is 2.41. The first-order valence-corrected chi connectivity index (χ1v) is 6.94. The smallest absolute Gasteiger partial charge is 0.217 e. The van der Waals surface area contributed by atoms with E-state index in [1.807, 2.05) is 19.9 Å². The summed E-state index contributed by atoms with van der Waals surface area (Å²) in [5.74, 6) is 1.51. The first kappa shape index (κ1) is 14.4. The van der Waals surface area contributed by atoms with Gasteiger partial charge in [-0.25, -0.2) is 9.97 Å². The standard InChI is InChI=1S/C14H21N5O/c1-9-8-14(16-10(2)15-9)19-18-13-6-4-12(5-7-13)17-11(3)20/h8,12H,4-7H2,1-3H3,(H,17,20)(H,15,16,19). The Kier molecular flexibility index (Phi) is 4.65. The molecule has 1 heterocycles. The molecule has 1 saturated carbocycles. The van der Waals surface area contributed by atoms with E-state index in [1.165, 1.54) is 0 Å². The van der Waals surface area contributed by atoms with Gasteiger partial charge in [-0.15, -0.1) is 0 Å². The molecule has 6 heteroatoms. The maximum Gasteiger partial charge on any atom is 0.217 e. The third kappa shape index (κ3) is 4.29. The van der Waals surface area contributed by atoms with Crippen LogP contribution in [0.4, 0.5) is 5.82 Å². The van der Waals surface area contributed by atoms with Gasteiger partial charge >= 0.3 is 0 Å². The van der Waals surface area contributed by atoms with Crippen molar-refractivity contribution >= 4 is 17.4 Å². The Labute approximate surface area is 119 Å². The zero-order chi connectivity index (χ0) is 14.5. The predicted molar refractivity (Wildman–Crippen MR) is 78.6 cm³/mol. The van der Waals surface area contributed by atoms with E-state index in [4.69, 9.17) is 0 Å². The molecule has 0 atom stereocenters. The Morgan fingerprint density at radius 2 is 2.00 bits per heavy atom. The van der Waals surface area contributed by atoms with Gasteiger partial charge in [0.1, 0.15) is 11.6 Å². The van der Waals surface area contributed by atoms with Crippen molar-refractivity contribution < 1.29 is 4.79 Å². The van der Waals surface area contributed by atoms with E-state index in [9.17, 15) is 4.79 Å². The minimum Gasteiger partial charge on any atom is -0.354 e. The molecule has 0 saturated heterocycles.